The Morgan fingerprint density at radius 2 is 1.78 bits per heavy atom. The number of aromatic nitrogens is 1. The second kappa shape index (κ2) is 9.36. The van der Waals surface area contributed by atoms with E-state index >= 15 is 0 Å². The molecular weight excluding hydrogens is 376 g/mol. The van der Waals surface area contributed by atoms with Gasteiger partial charge in [-0.05, 0) is 54.2 Å². The molecule has 3 rings (SSSR count). The smallest absolute Gasteiger partial charge is 0.190 e. The van der Waals surface area contributed by atoms with Crippen molar-refractivity contribution in [3.63, 3.8) is 0 Å². The Kier molecular flexibility index (Phi) is 6.89. The highest BCUT2D eigenvalue weighted by atomic mass is 35.5. The molecule has 3 aromatic rings. The number of hydrogen-bond donors (Lipinski definition) is 1. The summed E-state index contributed by atoms with van der Waals surface area (Å²) < 4.78 is 2.19. The van der Waals surface area contributed by atoms with E-state index in [1.165, 1.54) is 11.1 Å². The maximum absolute atomic E-state index is 9.30. The van der Waals surface area contributed by atoms with Gasteiger partial charge < -0.3 is 9.67 Å². The zero-order valence-electron chi connectivity index (χ0n) is 15.7. The Bertz CT molecular complexity index is 924. The minimum absolute atomic E-state index is 0.163. The van der Waals surface area contributed by atoms with E-state index in [1.54, 1.807) is 11.3 Å². The van der Waals surface area contributed by atoms with Crippen molar-refractivity contribution in [3.8, 4) is 11.3 Å². The average Bonchev–Trinajstić information content (AvgIpc) is 3.04. The fourth-order valence-corrected chi connectivity index (χ4v) is 4.08. The second-order valence-electron chi connectivity index (χ2n) is 7.02. The molecule has 0 bridgehead atoms. The normalized spacial score (nSPS) is 12.1. The Morgan fingerprint density at radius 3 is 2.41 bits per heavy atom. The molecule has 0 aliphatic heterocycles. The molecule has 0 spiro atoms. The molecular formula is C22H25ClN2OS. The fraction of sp³-hybridized carbons (Fsp3) is 0.318. The summed E-state index contributed by atoms with van der Waals surface area (Å²) in [4.78, 5) is 5.70. The van der Waals surface area contributed by atoms with Crippen molar-refractivity contribution in [1.82, 2.24) is 4.57 Å². The van der Waals surface area contributed by atoms with Crippen LogP contribution < -0.4 is 4.80 Å². The van der Waals surface area contributed by atoms with Crippen molar-refractivity contribution in [2.24, 2.45) is 10.9 Å². The summed E-state index contributed by atoms with van der Waals surface area (Å²) in [5.41, 5.74) is 4.54. The fourth-order valence-electron chi connectivity index (χ4n) is 3.00. The van der Waals surface area contributed by atoms with Gasteiger partial charge in [-0.1, -0.05) is 49.7 Å². The van der Waals surface area contributed by atoms with Crippen molar-refractivity contribution in [1.29, 1.82) is 0 Å². The van der Waals surface area contributed by atoms with Crippen LogP contribution in [0.5, 0.6) is 0 Å². The first-order valence-corrected chi connectivity index (χ1v) is 10.5. The molecule has 27 heavy (non-hydrogen) atoms. The first kappa shape index (κ1) is 19.9. The first-order chi connectivity index (χ1) is 13.1. The number of nitrogens with zero attached hydrogens (tertiary/aromatic N) is 2. The van der Waals surface area contributed by atoms with E-state index in [1.807, 2.05) is 24.3 Å². The molecule has 0 aliphatic carbocycles. The lowest BCUT2D eigenvalue weighted by atomic mass is 10.0. The highest BCUT2D eigenvalue weighted by Gasteiger charge is 2.09. The van der Waals surface area contributed by atoms with Crippen LogP contribution in [0.4, 0.5) is 5.69 Å². The number of aliphatic hydroxyl groups is 1. The number of aliphatic hydroxyl groups excluding tert-OH is 1. The van der Waals surface area contributed by atoms with Gasteiger partial charge in [-0.25, -0.2) is 4.99 Å². The molecule has 1 aromatic heterocycles. The minimum Gasteiger partial charge on any atom is -0.396 e. The van der Waals surface area contributed by atoms with Crippen molar-refractivity contribution in [2.75, 3.05) is 6.61 Å². The van der Waals surface area contributed by atoms with Crippen molar-refractivity contribution < 1.29 is 5.11 Å². The minimum atomic E-state index is 0.163. The van der Waals surface area contributed by atoms with Crippen LogP contribution in [0.3, 0.4) is 0 Å². The van der Waals surface area contributed by atoms with Crippen LogP contribution in [0.25, 0.3) is 11.3 Å². The van der Waals surface area contributed by atoms with Gasteiger partial charge in [-0.15, -0.1) is 11.3 Å². The number of thiazole rings is 1. The van der Waals surface area contributed by atoms with E-state index < -0.39 is 0 Å². The van der Waals surface area contributed by atoms with Crippen LogP contribution in [0.2, 0.25) is 5.02 Å². The monoisotopic (exact) mass is 400 g/mol. The van der Waals surface area contributed by atoms with Crippen LogP contribution >= 0.6 is 22.9 Å². The predicted molar refractivity (Wildman–Crippen MR) is 115 cm³/mol. The lowest BCUT2D eigenvalue weighted by Gasteiger charge is -2.10. The molecule has 0 unspecified atom stereocenters. The highest BCUT2D eigenvalue weighted by molar-refractivity contribution is 7.07. The van der Waals surface area contributed by atoms with Crippen molar-refractivity contribution >= 4 is 28.6 Å². The number of rotatable bonds is 7. The molecule has 0 fully saturated rings. The van der Waals surface area contributed by atoms with Gasteiger partial charge in [-0.3, -0.25) is 0 Å². The molecule has 142 valence electrons. The molecule has 0 saturated heterocycles. The van der Waals surface area contributed by atoms with Crippen LogP contribution in [0, 0.1) is 5.92 Å². The third-order valence-corrected chi connectivity index (χ3v) is 5.40. The summed E-state index contributed by atoms with van der Waals surface area (Å²) in [7, 11) is 0. The molecule has 1 heterocycles. The van der Waals surface area contributed by atoms with Crippen LogP contribution in [-0.2, 0) is 13.0 Å². The van der Waals surface area contributed by atoms with Gasteiger partial charge in [0.1, 0.15) is 0 Å². The largest absolute Gasteiger partial charge is 0.396 e. The Labute approximate surface area is 169 Å². The number of halogens is 1. The third-order valence-electron chi connectivity index (χ3n) is 4.28. The number of benzene rings is 2. The summed E-state index contributed by atoms with van der Waals surface area (Å²) in [5.74, 6) is 0.649. The SMILES string of the molecule is CC(C)Cc1ccc(-c2csc(=Nc3ccc(Cl)cc3)n2CCCO)cc1. The summed E-state index contributed by atoms with van der Waals surface area (Å²) in [6.45, 7) is 5.37. The summed E-state index contributed by atoms with van der Waals surface area (Å²) >= 11 is 7.59. The molecule has 1 N–H and O–H groups in total. The Balaban J connectivity index is 1.98. The highest BCUT2D eigenvalue weighted by Crippen LogP contribution is 2.23. The average molecular weight is 401 g/mol. The van der Waals surface area contributed by atoms with E-state index in [2.05, 4.69) is 48.1 Å². The lowest BCUT2D eigenvalue weighted by molar-refractivity contribution is 0.279. The van der Waals surface area contributed by atoms with E-state index in [9.17, 15) is 5.11 Å². The molecule has 3 nitrogen and oxygen atoms in total. The van der Waals surface area contributed by atoms with Crippen LogP contribution in [-0.4, -0.2) is 16.3 Å². The quantitative estimate of drug-likeness (QED) is 0.544. The molecule has 0 radical (unpaired) electrons. The van der Waals surface area contributed by atoms with Gasteiger partial charge in [0.25, 0.3) is 0 Å². The van der Waals surface area contributed by atoms with Gasteiger partial charge in [0.2, 0.25) is 0 Å². The van der Waals surface area contributed by atoms with Gasteiger partial charge in [0.15, 0.2) is 4.80 Å². The van der Waals surface area contributed by atoms with Gasteiger partial charge in [0, 0.05) is 23.6 Å². The summed E-state index contributed by atoms with van der Waals surface area (Å²) in [6.07, 6.45) is 1.79. The Morgan fingerprint density at radius 1 is 1.07 bits per heavy atom. The van der Waals surface area contributed by atoms with Gasteiger partial charge in [0.05, 0.1) is 11.4 Å². The topological polar surface area (TPSA) is 37.5 Å². The standard InChI is InChI=1S/C22H25ClN2OS/c1-16(2)14-17-4-6-18(7-5-17)21-15-27-22(25(21)12-3-13-26)24-20-10-8-19(23)9-11-20/h4-11,15-16,26H,3,12-14H2,1-2H3. The molecule has 0 aliphatic rings. The van der Waals surface area contributed by atoms with E-state index in [0.29, 0.717) is 17.4 Å². The lowest BCUT2D eigenvalue weighted by Crippen LogP contribution is -2.16. The molecule has 5 heteroatoms. The maximum atomic E-state index is 9.30. The van der Waals surface area contributed by atoms with E-state index in [0.717, 1.165) is 29.1 Å². The molecule has 0 amide bonds. The van der Waals surface area contributed by atoms with Gasteiger partial charge >= 0.3 is 0 Å². The summed E-state index contributed by atoms with van der Waals surface area (Å²) in [6, 6.07) is 16.3. The Hall–Kier alpha value is -1.88. The van der Waals surface area contributed by atoms with Gasteiger partial charge in [-0.2, -0.15) is 0 Å². The van der Waals surface area contributed by atoms with Crippen molar-refractivity contribution in [2.45, 2.75) is 33.2 Å². The van der Waals surface area contributed by atoms with Crippen molar-refractivity contribution in [3.05, 3.63) is 69.3 Å². The summed E-state index contributed by atoms with van der Waals surface area (Å²) in [5, 5.41) is 12.1. The molecule has 2 aromatic carbocycles. The predicted octanol–water partition coefficient (Wildman–Crippen LogP) is 5.68. The molecule has 0 atom stereocenters. The third kappa shape index (κ3) is 5.32. The molecule has 0 saturated carbocycles. The van der Waals surface area contributed by atoms with Crippen LogP contribution in [0.1, 0.15) is 25.8 Å². The number of hydrogen-bond acceptors (Lipinski definition) is 3. The van der Waals surface area contributed by atoms with E-state index in [4.69, 9.17) is 16.6 Å². The zero-order chi connectivity index (χ0) is 19.2. The zero-order valence-corrected chi connectivity index (χ0v) is 17.3. The first-order valence-electron chi connectivity index (χ1n) is 9.25. The van der Waals surface area contributed by atoms with Crippen LogP contribution in [0.15, 0.2) is 58.9 Å². The second-order valence-corrected chi connectivity index (χ2v) is 8.29. The van der Waals surface area contributed by atoms with E-state index in [-0.39, 0.29) is 6.61 Å². The maximum Gasteiger partial charge on any atom is 0.190 e.